The molecule has 0 aliphatic rings. The number of hydrogen-bond donors (Lipinski definition) is 1. The predicted molar refractivity (Wildman–Crippen MR) is 83.3 cm³/mol. The molecule has 1 heterocycles. The zero-order valence-corrected chi connectivity index (χ0v) is 12.4. The van der Waals surface area contributed by atoms with Crippen LogP contribution >= 0.6 is 23.4 Å². The Morgan fingerprint density at radius 1 is 1.00 bits per heavy atom. The van der Waals surface area contributed by atoms with Crippen molar-refractivity contribution in [3.05, 3.63) is 58.7 Å². The Morgan fingerprint density at radius 2 is 1.74 bits per heavy atom. The highest BCUT2D eigenvalue weighted by Gasteiger charge is 2.06. The minimum absolute atomic E-state index is 0.773. The molecule has 0 spiro atoms. The van der Waals surface area contributed by atoms with Crippen LogP contribution in [0.3, 0.4) is 0 Å². The highest BCUT2D eigenvalue weighted by atomic mass is 35.5. The predicted octanol–water partition coefficient (Wildman–Crippen LogP) is 5.59. The van der Waals surface area contributed by atoms with E-state index >= 15 is 0 Å². The van der Waals surface area contributed by atoms with Gasteiger partial charge in [-0.3, -0.25) is 0 Å². The number of aromatic nitrogens is 1. The lowest BCUT2D eigenvalue weighted by atomic mass is 10.2. The molecule has 0 aliphatic carbocycles. The van der Waals surface area contributed by atoms with Gasteiger partial charge in [0, 0.05) is 31.9 Å². The summed E-state index contributed by atoms with van der Waals surface area (Å²) in [6, 6.07) is 12.5. The monoisotopic (exact) mass is 287 g/mol. The summed E-state index contributed by atoms with van der Waals surface area (Å²) in [4.78, 5) is 5.76. The lowest BCUT2D eigenvalue weighted by molar-refractivity contribution is 1.29. The number of aryl methyl sites for hydroxylation is 2. The number of halogens is 1. The van der Waals surface area contributed by atoms with E-state index in [-0.39, 0.29) is 0 Å². The number of aromatic amines is 1. The first kappa shape index (κ1) is 12.6. The van der Waals surface area contributed by atoms with E-state index in [2.05, 4.69) is 37.0 Å². The van der Waals surface area contributed by atoms with Crippen LogP contribution in [0.4, 0.5) is 0 Å². The van der Waals surface area contributed by atoms with Gasteiger partial charge in [0.15, 0.2) is 0 Å². The third-order valence-corrected chi connectivity index (χ3v) is 4.29. The van der Waals surface area contributed by atoms with Crippen molar-refractivity contribution >= 4 is 34.3 Å². The van der Waals surface area contributed by atoms with Gasteiger partial charge in [-0.25, -0.2) is 0 Å². The van der Waals surface area contributed by atoms with Gasteiger partial charge in [-0.05, 0) is 55.3 Å². The molecule has 1 aromatic heterocycles. The first-order valence-electron chi connectivity index (χ1n) is 6.14. The van der Waals surface area contributed by atoms with Gasteiger partial charge < -0.3 is 4.98 Å². The first-order valence-corrected chi connectivity index (χ1v) is 7.34. The molecule has 19 heavy (non-hydrogen) atoms. The molecular formula is C16H14ClNS. The van der Waals surface area contributed by atoms with Gasteiger partial charge >= 0.3 is 0 Å². The highest BCUT2D eigenvalue weighted by molar-refractivity contribution is 7.99. The number of hydrogen-bond acceptors (Lipinski definition) is 1. The van der Waals surface area contributed by atoms with Crippen molar-refractivity contribution in [2.24, 2.45) is 0 Å². The molecule has 0 aliphatic heterocycles. The Bertz CT molecular complexity index is 725. The van der Waals surface area contributed by atoms with E-state index < -0.39 is 0 Å². The van der Waals surface area contributed by atoms with Gasteiger partial charge in [0.25, 0.3) is 0 Å². The molecule has 0 atom stereocenters. The number of fused-ring (bicyclic) bond motifs is 1. The zero-order valence-electron chi connectivity index (χ0n) is 10.8. The van der Waals surface area contributed by atoms with Crippen LogP contribution in [0.2, 0.25) is 5.02 Å². The second-order valence-corrected chi connectivity index (χ2v) is 6.32. The van der Waals surface area contributed by atoms with E-state index in [1.165, 1.54) is 26.3 Å². The van der Waals surface area contributed by atoms with Crippen molar-refractivity contribution in [2.45, 2.75) is 23.6 Å². The lowest BCUT2D eigenvalue weighted by Crippen LogP contribution is -1.79. The van der Waals surface area contributed by atoms with Gasteiger partial charge in [-0.1, -0.05) is 29.4 Å². The van der Waals surface area contributed by atoms with Crippen LogP contribution in [-0.4, -0.2) is 4.98 Å². The molecule has 2 aromatic carbocycles. The summed E-state index contributed by atoms with van der Waals surface area (Å²) in [5.74, 6) is 0. The standard InChI is InChI=1S/C16H14ClNS/c1-10-5-11(2)7-13(6-10)19-16-9-18-15-4-3-12(17)8-14(15)16/h3-9,18H,1-2H3. The average molecular weight is 288 g/mol. The quantitative estimate of drug-likeness (QED) is 0.649. The minimum Gasteiger partial charge on any atom is -0.360 e. The molecule has 0 saturated carbocycles. The lowest BCUT2D eigenvalue weighted by Gasteiger charge is -2.04. The second kappa shape index (κ2) is 4.95. The molecule has 0 unspecified atom stereocenters. The average Bonchev–Trinajstić information content (AvgIpc) is 2.70. The van der Waals surface area contributed by atoms with E-state index in [4.69, 9.17) is 11.6 Å². The first-order chi connectivity index (χ1) is 9.11. The number of nitrogens with one attached hydrogen (secondary N) is 1. The van der Waals surface area contributed by atoms with Gasteiger partial charge in [0.05, 0.1) is 0 Å². The van der Waals surface area contributed by atoms with Crippen LogP contribution < -0.4 is 0 Å². The van der Waals surface area contributed by atoms with Crippen LogP contribution in [0, 0.1) is 13.8 Å². The number of benzene rings is 2. The summed E-state index contributed by atoms with van der Waals surface area (Å²) >= 11 is 7.85. The van der Waals surface area contributed by atoms with Gasteiger partial charge in [-0.2, -0.15) is 0 Å². The Labute approximate surface area is 122 Å². The summed E-state index contributed by atoms with van der Waals surface area (Å²) < 4.78 is 0. The molecule has 1 nitrogen and oxygen atoms in total. The Balaban J connectivity index is 2.03. The second-order valence-electron chi connectivity index (χ2n) is 4.77. The van der Waals surface area contributed by atoms with E-state index in [1.807, 2.05) is 24.4 Å². The van der Waals surface area contributed by atoms with Crippen LogP contribution in [0.25, 0.3) is 10.9 Å². The van der Waals surface area contributed by atoms with E-state index in [0.29, 0.717) is 0 Å². The molecule has 96 valence electrons. The molecule has 0 bridgehead atoms. The number of rotatable bonds is 2. The van der Waals surface area contributed by atoms with E-state index in [9.17, 15) is 0 Å². The molecule has 0 amide bonds. The van der Waals surface area contributed by atoms with Crippen molar-refractivity contribution in [1.82, 2.24) is 4.98 Å². The van der Waals surface area contributed by atoms with Crippen LogP contribution in [0.5, 0.6) is 0 Å². The molecule has 0 radical (unpaired) electrons. The third-order valence-electron chi connectivity index (χ3n) is 3.03. The third kappa shape index (κ3) is 2.65. The smallest absolute Gasteiger partial charge is 0.0466 e. The summed E-state index contributed by atoms with van der Waals surface area (Å²) in [6.07, 6.45) is 2.04. The zero-order chi connectivity index (χ0) is 13.4. The summed E-state index contributed by atoms with van der Waals surface area (Å²) in [5.41, 5.74) is 3.71. The fourth-order valence-electron chi connectivity index (χ4n) is 2.27. The van der Waals surface area contributed by atoms with E-state index in [1.54, 1.807) is 11.8 Å². The van der Waals surface area contributed by atoms with E-state index in [0.717, 1.165) is 10.5 Å². The Morgan fingerprint density at radius 3 is 2.47 bits per heavy atom. The van der Waals surface area contributed by atoms with Gasteiger partial charge in [0.2, 0.25) is 0 Å². The van der Waals surface area contributed by atoms with Gasteiger partial charge in [-0.15, -0.1) is 0 Å². The summed E-state index contributed by atoms with van der Waals surface area (Å²) in [7, 11) is 0. The number of H-pyrrole nitrogens is 1. The molecule has 0 saturated heterocycles. The van der Waals surface area contributed by atoms with Crippen molar-refractivity contribution in [1.29, 1.82) is 0 Å². The highest BCUT2D eigenvalue weighted by Crippen LogP contribution is 2.35. The maximum absolute atomic E-state index is 6.08. The molecule has 1 N–H and O–H groups in total. The van der Waals surface area contributed by atoms with Crippen molar-refractivity contribution in [3.63, 3.8) is 0 Å². The van der Waals surface area contributed by atoms with Gasteiger partial charge in [0.1, 0.15) is 0 Å². The molecule has 3 aromatic rings. The molecule has 3 rings (SSSR count). The largest absolute Gasteiger partial charge is 0.360 e. The van der Waals surface area contributed by atoms with Crippen molar-refractivity contribution in [2.75, 3.05) is 0 Å². The van der Waals surface area contributed by atoms with Crippen molar-refractivity contribution in [3.8, 4) is 0 Å². The summed E-state index contributed by atoms with van der Waals surface area (Å²) in [6.45, 7) is 4.26. The maximum atomic E-state index is 6.08. The topological polar surface area (TPSA) is 15.8 Å². The molecular weight excluding hydrogens is 274 g/mol. The Hall–Kier alpha value is -1.38. The van der Waals surface area contributed by atoms with Crippen LogP contribution in [0.15, 0.2) is 52.4 Å². The van der Waals surface area contributed by atoms with Crippen molar-refractivity contribution < 1.29 is 0 Å². The fourth-order valence-corrected chi connectivity index (χ4v) is 3.58. The maximum Gasteiger partial charge on any atom is 0.0466 e. The van der Waals surface area contributed by atoms with Crippen LogP contribution in [0.1, 0.15) is 11.1 Å². The SMILES string of the molecule is Cc1cc(C)cc(Sc2c[nH]c3ccc(Cl)cc23)c1. The fraction of sp³-hybridized carbons (Fsp3) is 0.125. The molecule has 0 fully saturated rings. The minimum atomic E-state index is 0.773. The molecule has 3 heteroatoms. The Kier molecular flexibility index (Phi) is 3.29. The normalized spacial score (nSPS) is 11.1. The van der Waals surface area contributed by atoms with Crippen LogP contribution in [-0.2, 0) is 0 Å². The summed E-state index contributed by atoms with van der Waals surface area (Å²) in [5, 5.41) is 1.95.